The van der Waals surface area contributed by atoms with Gasteiger partial charge in [-0.1, -0.05) is 36.8 Å². The first-order chi connectivity index (χ1) is 8.38. The molecule has 94 valence electrons. The highest BCUT2D eigenvalue weighted by molar-refractivity contribution is 7.99. The second kappa shape index (κ2) is 7.07. The summed E-state index contributed by atoms with van der Waals surface area (Å²) in [6.45, 7) is 1.12. The first kappa shape index (κ1) is 13.0. The highest BCUT2D eigenvalue weighted by Crippen LogP contribution is 2.26. The second-order valence-corrected chi connectivity index (χ2v) is 6.05. The van der Waals surface area contributed by atoms with Crippen LogP contribution in [0.2, 0.25) is 0 Å². The van der Waals surface area contributed by atoms with Crippen LogP contribution in [0.1, 0.15) is 31.2 Å². The molecule has 0 aromatic heterocycles. The molecule has 0 amide bonds. The van der Waals surface area contributed by atoms with Gasteiger partial charge < -0.3 is 5.32 Å². The molecule has 17 heavy (non-hydrogen) atoms. The number of thioether (sulfide) groups is 1. The molecule has 0 aliphatic heterocycles. The summed E-state index contributed by atoms with van der Waals surface area (Å²) < 4.78 is 0. The Hall–Kier alpha value is -0.470. The maximum atomic E-state index is 3.72. The zero-order valence-corrected chi connectivity index (χ0v) is 11.5. The smallest absolute Gasteiger partial charge is 0.00777 e. The highest BCUT2D eigenvalue weighted by atomic mass is 32.2. The van der Waals surface area contributed by atoms with Crippen molar-refractivity contribution in [2.45, 2.75) is 43.4 Å². The fourth-order valence-corrected chi connectivity index (χ4v) is 3.44. The van der Waals surface area contributed by atoms with Crippen molar-refractivity contribution in [1.82, 2.24) is 5.32 Å². The van der Waals surface area contributed by atoms with E-state index in [1.165, 1.54) is 31.2 Å². The van der Waals surface area contributed by atoms with E-state index in [0.717, 1.165) is 24.3 Å². The van der Waals surface area contributed by atoms with Gasteiger partial charge in [-0.15, -0.1) is 0 Å². The summed E-state index contributed by atoms with van der Waals surface area (Å²) in [4.78, 5) is 0. The maximum absolute atomic E-state index is 3.72. The lowest BCUT2D eigenvalue weighted by Gasteiger charge is -2.28. The van der Waals surface area contributed by atoms with E-state index < -0.39 is 0 Å². The van der Waals surface area contributed by atoms with Crippen LogP contribution in [0.25, 0.3) is 0 Å². The topological polar surface area (TPSA) is 12.0 Å². The summed E-state index contributed by atoms with van der Waals surface area (Å²) in [5.41, 5.74) is 1.44. The van der Waals surface area contributed by atoms with Gasteiger partial charge in [0.15, 0.2) is 0 Å². The minimum absolute atomic E-state index is 0.755. The van der Waals surface area contributed by atoms with Crippen molar-refractivity contribution < 1.29 is 0 Å². The van der Waals surface area contributed by atoms with E-state index in [9.17, 15) is 0 Å². The van der Waals surface area contributed by atoms with E-state index in [0.29, 0.717) is 0 Å². The normalized spacial score (nSPS) is 24.8. The summed E-state index contributed by atoms with van der Waals surface area (Å²) in [6, 6.07) is 11.5. The summed E-state index contributed by atoms with van der Waals surface area (Å²) >= 11 is 2.04. The van der Waals surface area contributed by atoms with Crippen molar-refractivity contribution in [2.75, 3.05) is 12.8 Å². The van der Waals surface area contributed by atoms with Gasteiger partial charge in [0.2, 0.25) is 0 Å². The predicted molar refractivity (Wildman–Crippen MR) is 77.7 cm³/mol. The van der Waals surface area contributed by atoms with Crippen LogP contribution in [0, 0.1) is 0 Å². The van der Waals surface area contributed by atoms with Crippen LogP contribution in [0.15, 0.2) is 30.3 Å². The maximum Gasteiger partial charge on any atom is 0.00777 e. The van der Waals surface area contributed by atoms with E-state index in [1.807, 2.05) is 11.8 Å². The molecule has 0 saturated heterocycles. The Bertz CT molecular complexity index is 312. The number of hydrogen-bond donors (Lipinski definition) is 1. The van der Waals surface area contributed by atoms with Crippen LogP contribution < -0.4 is 5.32 Å². The zero-order chi connectivity index (χ0) is 11.9. The monoisotopic (exact) mass is 249 g/mol. The third-order valence-corrected chi connectivity index (χ3v) is 4.74. The average Bonchev–Trinajstić information content (AvgIpc) is 2.40. The second-order valence-electron chi connectivity index (χ2n) is 4.91. The van der Waals surface area contributed by atoms with E-state index in [-0.39, 0.29) is 0 Å². The fraction of sp³-hybridized carbons (Fsp3) is 0.600. The molecule has 2 unspecified atom stereocenters. The number of benzene rings is 1. The van der Waals surface area contributed by atoms with Crippen LogP contribution in [-0.4, -0.2) is 24.1 Å². The van der Waals surface area contributed by atoms with Gasteiger partial charge >= 0.3 is 0 Å². The lowest BCUT2D eigenvalue weighted by atomic mass is 9.95. The van der Waals surface area contributed by atoms with Crippen molar-refractivity contribution >= 4 is 11.8 Å². The Kier molecular flexibility index (Phi) is 5.40. The number of hydrogen-bond acceptors (Lipinski definition) is 2. The molecule has 1 aliphatic rings. The van der Waals surface area contributed by atoms with Crippen LogP contribution >= 0.6 is 11.8 Å². The van der Waals surface area contributed by atoms with Gasteiger partial charge in [0.05, 0.1) is 0 Å². The van der Waals surface area contributed by atoms with Crippen LogP contribution in [0.5, 0.6) is 0 Å². The van der Waals surface area contributed by atoms with E-state index in [4.69, 9.17) is 0 Å². The van der Waals surface area contributed by atoms with Gasteiger partial charge in [-0.25, -0.2) is 0 Å². The molecule has 1 nitrogen and oxygen atoms in total. The Morgan fingerprint density at radius 3 is 2.82 bits per heavy atom. The Balaban J connectivity index is 1.68. The highest BCUT2D eigenvalue weighted by Gasteiger charge is 2.20. The largest absolute Gasteiger partial charge is 0.314 e. The molecule has 0 bridgehead atoms. The number of rotatable bonds is 5. The van der Waals surface area contributed by atoms with E-state index >= 15 is 0 Å². The number of nitrogens with one attached hydrogen (secondary N) is 1. The molecule has 1 saturated carbocycles. The van der Waals surface area contributed by atoms with Crippen LogP contribution in [0.3, 0.4) is 0 Å². The lowest BCUT2D eigenvalue weighted by molar-refractivity contribution is 0.383. The molecule has 1 N–H and O–H groups in total. The molecule has 0 heterocycles. The van der Waals surface area contributed by atoms with Gasteiger partial charge in [0, 0.05) is 11.3 Å². The molecular weight excluding hydrogens is 226 g/mol. The zero-order valence-electron chi connectivity index (χ0n) is 10.7. The van der Waals surface area contributed by atoms with Crippen molar-refractivity contribution in [3.63, 3.8) is 0 Å². The summed E-state index contributed by atoms with van der Waals surface area (Å²) in [7, 11) is 0. The predicted octanol–water partition coefficient (Wildman–Crippen LogP) is 3.49. The van der Waals surface area contributed by atoms with Gasteiger partial charge in [-0.3, -0.25) is 0 Å². The fourth-order valence-electron chi connectivity index (χ4n) is 2.61. The minimum atomic E-state index is 0.755. The standard InChI is InChI=1S/C15H23NS/c1-17-15-9-5-8-14(12-15)16-11-10-13-6-3-2-4-7-13/h2-4,6-7,14-16H,5,8-12H2,1H3. The summed E-state index contributed by atoms with van der Waals surface area (Å²) in [5, 5.41) is 4.61. The Morgan fingerprint density at radius 2 is 2.06 bits per heavy atom. The van der Waals surface area contributed by atoms with Gasteiger partial charge in [-0.2, -0.15) is 11.8 Å². The van der Waals surface area contributed by atoms with Crippen LogP contribution in [0.4, 0.5) is 0 Å². The van der Waals surface area contributed by atoms with Crippen molar-refractivity contribution in [3.05, 3.63) is 35.9 Å². The minimum Gasteiger partial charge on any atom is -0.314 e. The van der Waals surface area contributed by atoms with Gasteiger partial charge in [-0.05, 0) is 44.0 Å². The third-order valence-electron chi connectivity index (χ3n) is 3.65. The molecule has 1 aromatic rings. The van der Waals surface area contributed by atoms with Crippen molar-refractivity contribution in [2.24, 2.45) is 0 Å². The van der Waals surface area contributed by atoms with Gasteiger partial charge in [0.1, 0.15) is 0 Å². The van der Waals surface area contributed by atoms with Crippen molar-refractivity contribution in [1.29, 1.82) is 0 Å². The molecular formula is C15H23NS. The molecule has 0 radical (unpaired) electrons. The Morgan fingerprint density at radius 1 is 1.24 bits per heavy atom. The first-order valence-electron chi connectivity index (χ1n) is 6.68. The molecule has 0 spiro atoms. The molecule has 1 aliphatic carbocycles. The molecule has 2 heteroatoms. The molecule has 2 atom stereocenters. The molecule has 2 rings (SSSR count). The molecule has 1 fully saturated rings. The Labute approximate surface area is 109 Å². The lowest BCUT2D eigenvalue weighted by Crippen LogP contribution is -2.36. The quantitative estimate of drug-likeness (QED) is 0.857. The van der Waals surface area contributed by atoms with Gasteiger partial charge in [0.25, 0.3) is 0 Å². The SMILES string of the molecule is CSC1CCCC(NCCc2ccccc2)C1. The summed E-state index contributed by atoms with van der Waals surface area (Å²) in [6.07, 6.45) is 8.94. The van der Waals surface area contributed by atoms with E-state index in [1.54, 1.807) is 0 Å². The third kappa shape index (κ3) is 4.36. The first-order valence-corrected chi connectivity index (χ1v) is 7.97. The van der Waals surface area contributed by atoms with Crippen LogP contribution in [-0.2, 0) is 6.42 Å². The summed E-state index contributed by atoms with van der Waals surface area (Å²) in [5.74, 6) is 0. The van der Waals surface area contributed by atoms with E-state index in [2.05, 4.69) is 41.9 Å². The van der Waals surface area contributed by atoms with Crippen molar-refractivity contribution in [3.8, 4) is 0 Å². The average molecular weight is 249 g/mol. The molecule has 1 aromatic carbocycles.